The molecule has 0 amide bonds. The molecule has 1 aliphatic rings. The summed E-state index contributed by atoms with van der Waals surface area (Å²) in [5.74, 6) is 0. The smallest absolute Gasteiger partial charge is 0.282 e. The van der Waals surface area contributed by atoms with Crippen LogP contribution in [0, 0.1) is 0 Å². The first-order valence-electron chi connectivity index (χ1n) is 4.67. The number of aromatic nitrogens is 4. The largest absolute Gasteiger partial charge is 0.387 e. The van der Waals surface area contributed by atoms with Crippen LogP contribution in [0.2, 0.25) is 0 Å². The highest BCUT2D eigenvalue weighted by Gasteiger charge is 2.42. The fraction of sp³-hybridized carbons (Fsp3) is 0.250. The first-order chi connectivity index (χ1) is 7.57. The molecule has 2 aromatic heterocycles. The third kappa shape index (κ3) is 1.20. The van der Waals surface area contributed by atoms with Crippen LogP contribution in [-0.2, 0) is 16.8 Å². The van der Waals surface area contributed by atoms with Crippen LogP contribution in [0.5, 0.6) is 0 Å². The highest BCUT2D eigenvalue weighted by Crippen LogP contribution is 2.14. The Labute approximate surface area is 91.5 Å². The lowest BCUT2D eigenvalue weighted by atomic mass is 10.7. The summed E-state index contributed by atoms with van der Waals surface area (Å²) in [5, 5.41) is 0. The average Bonchev–Trinajstić information content (AvgIpc) is 2.77. The van der Waals surface area contributed by atoms with E-state index in [1.807, 2.05) is 0 Å². The van der Waals surface area contributed by atoms with Crippen molar-refractivity contribution in [1.82, 2.24) is 9.36 Å². The van der Waals surface area contributed by atoms with Gasteiger partial charge in [-0.25, -0.2) is 0 Å². The standard InChI is InChI=1S/C8H9N4O3S/c13-16(14,15)8-11-5-1-3-9(11)7-10-4-2-6-12(8)10/h1-6,8H,7H2/q+1/p+1. The maximum atomic E-state index is 11.4. The fourth-order valence-electron chi connectivity index (χ4n) is 1.96. The van der Waals surface area contributed by atoms with Crippen molar-refractivity contribution in [3.63, 3.8) is 0 Å². The molecule has 0 radical (unpaired) electrons. The van der Waals surface area contributed by atoms with Gasteiger partial charge in [-0.05, 0) is 9.36 Å². The quantitative estimate of drug-likeness (QED) is 0.492. The highest BCUT2D eigenvalue weighted by atomic mass is 32.2. The Morgan fingerprint density at radius 1 is 1.12 bits per heavy atom. The van der Waals surface area contributed by atoms with Crippen LogP contribution in [0.4, 0.5) is 0 Å². The molecular weight excluding hydrogens is 232 g/mol. The van der Waals surface area contributed by atoms with E-state index < -0.39 is 15.6 Å². The maximum absolute atomic E-state index is 11.4. The monoisotopic (exact) mass is 242 g/mol. The van der Waals surface area contributed by atoms with Gasteiger partial charge in [0, 0.05) is 12.1 Å². The number of hydrogen-bond acceptors (Lipinski definition) is 2. The second-order valence-electron chi connectivity index (χ2n) is 3.60. The van der Waals surface area contributed by atoms with E-state index >= 15 is 0 Å². The van der Waals surface area contributed by atoms with E-state index in [9.17, 15) is 13.0 Å². The normalized spacial score (nSPS) is 15.8. The molecule has 84 valence electrons. The molecular formula is C8H10N4O3S+2. The van der Waals surface area contributed by atoms with Gasteiger partial charge >= 0.3 is 22.3 Å². The van der Waals surface area contributed by atoms with Gasteiger partial charge in [-0.15, -0.1) is 9.36 Å². The van der Waals surface area contributed by atoms with Gasteiger partial charge in [0.2, 0.25) is 12.4 Å². The van der Waals surface area contributed by atoms with Gasteiger partial charge in [-0.2, -0.15) is 8.42 Å². The molecule has 0 aliphatic carbocycles. The maximum Gasteiger partial charge on any atom is 0.387 e. The highest BCUT2D eigenvalue weighted by molar-refractivity contribution is 7.85. The molecule has 0 bridgehead atoms. The first-order valence-corrected chi connectivity index (χ1v) is 6.17. The van der Waals surface area contributed by atoms with Crippen LogP contribution in [0.3, 0.4) is 0 Å². The Morgan fingerprint density at radius 2 is 1.62 bits per heavy atom. The molecule has 0 atom stereocenters. The summed E-state index contributed by atoms with van der Waals surface area (Å²) in [4.78, 5) is 0. The van der Waals surface area contributed by atoms with Gasteiger partial charge < -0.3 is 0 Å². The molecule has 1 N–H and O–H groups in total. The molecule has 3 heterocycles. The van der Waals surface area contributed by atoms with Crippen molar-refractivity contribution >= 4 is 10.1 Å². The SMILES string of the molecule is O=S(=O)(O)C1n2ccc[n+]2C[n+]2cccn21. The molecule has 0 saturated carbocycles. The van der Waals surface area contributed by atoms with Crippen LogP contribution in [-0.4, -0.2) is 22.3 Å². The number of nitrogens with zero attached hydrogens (tertiary/aromatic N) is 4. The second kappa shape index (κ2) is 2.92. The van der Waals surface area contributed by atoms with Gasteiger partial charge in [0.05, 0.1) is 12.4 Å². The van der Waals surface area contributed by atoms with Crippen molar-refractivity contribution in [2.75, 3.05) is 0 Å². The molecule has 0 unspecified atom stereocenters. The molecule has 2 aromatic rings. The molecule has 0 fully saturated rings. The van der Waals surface area contributed by atoms with E-state index in [4.69, 9.17) is 0 Å². The minimum atomic E-state index is -4.21. The lowest BCUT2D eigenvalue weighted by Crippen LogP contribution is -2.67. The third-order valence-corrected chi connectivity index (χ3v) is 3.56. The Kier molecular flexibility index (Phi) is 1.74. The topological polar surface area (TPSA) is 72.0 Å². The number of hydrogen-bond donors (Lipinski definition) is 1. The zero-order chi connectivity index (χ0) is 11.3. The molecule has 16 heavy (non-hydrogen) atoms. The Morgan fingerprint density at radius 3 is 2.06 bits per heavy atom. The van der Waals surface area contributed by atoms with Crippen LogP contribution in [0.1, 0.15) is 5.50 Å². The molecule has 0 spiro atoms. The van der Waals surface area contributed by atoms with Crippen LogP contribution in [0.25, 0.3) is 0 Å². The van der Waals surface area contributed by atoms with Crippen molar-refractivity contribution in [2.24, 2.45) is 0 Å². The van der Waals surface area contributed by atoms with Gasteiger partial charge in [-0.1, -0.05) is 0 Å². The van der Waals surface area contributed by atoms with Crippen molar-refractivity contribution < 1.29 is 22.3 Å². The van der Waals surface area contributed by atoms with Crippen LogP contribution >= 0.6 is 0 Å². The summed E-state index contributed by atoms with van der Waals surface area (Å²) >= 11 is 0. The molecule has 3 rings (SSSR count). The fourth-order valence-corrected chi connectivity index (χ4v) is 2.89. The second-order valence-corrected chi connectivity index (χ2v) is 5.05. The van der Waals surface area contributed by atoms with Gasteiger partial charge in [-0.3, -0.25) is 4.55 Å². The van der Waals surface area contributed by atoms with E-state index in [-0.39, 0.29) is 0 Å². The van der Waals surface area contributed by atoms with Crippen LogP contribution < -0.4 is 9.36 Å². The third-order valence-electron chi connectivity index (χ3n) is 2.60. The number of fused-ring (bicyclic) bond motifs is 2. The molecule has 7 nitrogen and oxygen atoms in total. The summed E-state index contributed by atoms with van der Waals surface area (Å²) in [5.41, 5.74) is -1.15. The van der Waals surface area contributed by atoms with E-state index in [1.165, 1.54) is 9.36 Å². The van der Waals surface area contributed by atoms with Gasteiger partial charge in [0.15, 0.2) is 0 Å². The predicted molar refractivity (Wildman–Crippen MR) is 50.6 cm³/mol. The molecule has 0 saturated heterocycles. The zero-order valence-electron chi connectivity index (χ0n) is 8.21. The van der Waals surface area contributed by atoms with Crippen LogP contribution in [0.15, 0.2) is 36.9 Å². The van der Waals surface area contributed by atoms with E-state index in [0.717, 1.165) is 0 Å². The zero-order valence-corrected chi connectivity index (χ0v) is 9.03. The van der Waals surface area contributed by atoms with E-state index in [2.05, 4.69) is 0 Å². The first kappa shape index (κ1) is 9.55. The van der Waals surface area contributed by atoms with Gasteiger partial charge in [0.25, 0.3) is 0 Å². The summed E-state index contributed by atoms with van der Waals surface area (Å²) in [6.07, 6.45) is 6.73. The van der Waals surface area contributed by atoms with E-state index in [1.54, 1.807) is 46.3 Å². The lowest BCUT2D eigenvalue weighted by molar-refractivity contribution is -0.999. The van der Waals surface area contributed by atoms with Crippen molar-refractivity contribution in [2.45, 2.75) is 12.2 Å². The molecule has 8 heteroatoms. The predicted octanol–water partition coefficient (Wildman–Crippen LogP) is -1.42. The van der Waals surface area contributed by atoms with Crippen molar-refractivity contribution in [3.8, 4) is 0 Å². The summed E-state index contributed by atoms with van der Waals surface area (Å²) in [6, 6.07) is 3.45. The summed E-state index contributed by atoms with van der Waals surface area (Å²) in [6.45, 7) is 0.506. The summed E-state index contributed by atoms with van der Waals surface area (Å²) < 4.78 is 38.4. The Bertz CT molecular complexity index is 602. The molecule has 0 aromatic carbocycles. The van der Waals surface area contributed by atoms with E-state index in [0.29, 0.717) is 6.67 Å². The minimum Gasteiger partial charge on any atom is -0.282 e. The van der Waals surface area contributed by atoms with Crippen molar-refractivity contribution in [3.05, 3.63) is 36.9 Å². The lowest BCUT2D eigenvalue weighted by Gasteiger charge is -2.16. The van der Waals surface area contributed by atoms with Crippen molar-refractivity contribution in [1.29, 1.82) is 0 Å². The average molecular weight is 242 g/mol. The minimum absolute atomic E-state index is 0.506. The van der Waals surface area contributed by atoms with Gasteiger partial charge in [0.1, 0.15) is 0 Å². The Hall–Kier alpha value is -1.67. The Balaban J connectivity index is 2.29. The molecule has 1 aliphatic heterocycles. The summed E-state index contributed by atoms with van der Waals surface area (Å²) in [7, 11) is -4.21. The number of rotatable bonds is 1.